The number of para-hydroxylation sites is 2. The Kier molecular flexibility index (Phi) is 6.01. The molecule has 3 aromatic rings. The third kappa shape index (κ3) is 4.47. The summed E-state index contributed by atoms with van der Waals surface area (Å²) in [5.41, 5.74) is 4.65. The molecular weight excluding hydrogens is 364 g/mol. The monoisotopic (exact) mass is 392 g/mol. The van der Waals surface area contributed by atoms with Gasteiger partial charge in [-0.25, -0.2) is 4.98 Å². The number of rotatable bonds is 6. The molecule has 0 aliphatic rings. The number of benzene rings is 2. The molecule has 0 radical (unpaired) electrons. The molecule has 2 amide bonds. The fourth-order valence-electron chi connectivity index (χ4n) is 3.26. The van der Waals surface area contributed by atoms with Crippen molar-refractivity contribution in [3.63, 3.8) is 0 Å². The number of hydrogen-bond donors (Lipinski definition) is 2. The SMILES string of the molecule is Cc1cccc(NC(=O)Cn2c(C(C)NC(=O)C(C)C)nc3ccccc32)c1C. The Morgan fingerprint density at radius 1 is 1.03 bits per heavy atom. The number of anilines is 1. The van der Waals surface area contributed by atoms with Gasteiger partial charge in [-0.3, -0.25) is 9.59 Å². The molecule has 0 saturated carbocycles. The van der Waals surface area contributed by atoms with E-state index >= 15 is 0 Å². The molecule has 1 unspecified atom stereocenters. The molecule has 0 saturated heterocycles. The van der Waals surface area contributed by atoms with Crippen molar-refractivity contribution in [1.82, 2.24) is 14.9 Å². The third-order valence-electron chi connectivity index (χ3n) is 5.13. The minimum atomic E-state index is -0.314. The number of fused-ring (bicyclic) bond motifs is 1. The molecule has 0 aliphatic carbocycles. The maximum absolute atomic E-state index is 12.8. The zero-order chi connectivity index (χ0) is 21.1. The standard InChI is InChI=1S/C23H28N4O2/c1-14(2)23(29)24-17(5)22-26-19-10-6-7-12-20(19)27(22)13-21(28)25-18-11-8-9-15(3)16(18)4/h6-12,14,17H,13H2,1-5H3,(H,24,29)(H,25,28). The topological polar surface area (TPSA) is 76.0 Å². The maximum atomic E-state index is 12.8. The summed E-state index contributed by atoms with van der Waals surface area (Å²) in [5.74, 6) is 0.362. The number of nitrogens with one attached hydrogen (secondary N) is 2. The molecule has 0 fully saturated rings. The number of nitrogens with zero attached hydrogens (tertiary/aromatic N) is 2. The van der Waals surface area contributed by atoms with Crippen LogP contribution in [0.4, 0.5) is 5.69 Å². The van der Waals surface area contributed by atoms with Crippen molar-refractivity contribution in [2.45, 2.75) is 47.2 Å². The molecule has 29 heavy (non-hydrogen) atoms. The van der Waals surface area contributed by atoms with Crippen molar-refractivity contribution in [3.8, 4) is 0 Å². The van der Waals surface area contributed by atoms with Gasteiger partial charge in [-0.1, -0.05) is 38.1 Å². The van der Waals surface area contributed by atoms with Crippen molar-refractivity contribution in [2.75, 3.05) is 5.32 Å². The smallest absolute Gasteiger partial charge is 0.244 e. The van der Waals surface area contributed by atoms with E-state index < -0.39 is 0 Å². The Labute approximate surface area is 171 Å². The number of hydrogen-bond acceptors (Lipinski definition) is 3. The molecule has 6 nitrogen and oxygen atoms in total. The van der Waals surface area contributed by atoms with Crippen molar-refractivity contribution in [2.24, 2.45) is 5.92 Å². The van der Waals surface area contributed by atoms with Gasteiger partial charge in [-0.15, -0.1) is 0 Å². The van der Waals surface area contributed by atoms with Crippen molar-refractivity contribution in [1.29, 1.82) is 0 Å². The van der Waals surface area contributed by atoms with Gasteiger partial charge in [0.15, 0.2) is 0 Å². The van der Waals surface area contributed by atoms with E-state index in [9.17, 15) is 9.59 Å². The maximum Gasteiger partial charge on any atom is 0.244 e. The average molecular weight is 393 g/mol. The zero-order valence-corrected chi connectivity index (χ0v) is 17.6. The Morgan fingerprint density at radius 3 is 2.48 bits per heavy atom. The average Bonchev–Trinajstić information content (AvgIpc) is 3.04. The summed E-state index contributed by atoms with van der Waals surface area (Å²) in [5, 5.41) is 5.99. The first-order valence-corrected chi connectivity index (χ1v) is 9.89. The van der Waals surface area contributed by atoms with E-state index in [0.29, 0.717) is 5.82 Å². The lowest BCUT2D eigenvalue weighted by Crippen LogP contribution is -2.32. The van der Waals surface area contributed by atoms with Gasteiger partial charge in [0.2, 0.25) is 11.8 Å². The minimum Gasteiger partial charge on any atom is -0.346 e. The van der Waals surface area contributed by atoms with Crippen LogP contribution in [0.15, 0.2) is 42.5 Å². The van der Waals surface area contributed by atoms with Gasteiger partial charge in [0.25, 0.3) is 0 Å². The van der Waals surface area contributed by atoms with Crippen LogP contribution in [0.2, 0.25) is 0 Å². The lowest BCUT2D eigenvalue weighted by atomic mass is 10.1. The molecule has 0 aliphatic heterocycles. The molecular formula is C23H28N4O2. The summed E-state index contributed by atoms with van der Waals surface area (Å²) in [6.45, 7) is 9.72. The quantitative estimate of drug-likeness (QED) is 0.662. The van der Waals surface area contributed by atoms with Crippen molar-refractivity contribution >= 4 is 28.5 Å². The number of imidazole rings is 1. The third-order valence-corrected chi connectivity index (χ3v) is 5.13. The van der Waals surface area contributed by atoms with Crippen LogP contribution in [0.5, 0.6) is 0 Å². The van der Waals surface area contributed by atoms with Gasteiger partial charge in [-0.2, -0.15) is 0 Å². The first kappa shape index (κ1) is 20.6. The molecule has 152 valence electrons. The summed E-state index contributed by atoms with van der Waals surface area (Å²) in [4.78, 5) is 29.7. The van der Waals surface area contributed by atoms with Gasteiger partial charge in [0.05, 0.1) is 17.1 Å². The van der Waals surface area contributed by atoms with Gasteiger partial charge >= 0.3 is 0 Å². The van der Waals surface area contributed by atoms with Gasteiger partial charge in [0, 0.05) is 11.6 Å². The second-order valence-corrected chi connectivity index (χ2v) is 7.73. The highest BCUT2D eigenvalue weighted by Crippen LogP contribution is 2.22. The summed E-state index contributed by atoms with van der Waals surface area (Å²) in [7, 11) is 0. The van der Waals surface area contributed by atoms with Crippen LogP contribution >= 0.6 is 0 Å². The predicted molar refractivity (Wildman–Crippen MR) is 116 cm³/mol. The Bertz CT molecular complexity index is 1050. The minimum absolute atomic E-state index is 0.0454. The number of carbonyl (C=O) groups excluding carboxylic acids is 2. The van der Waals surface area contributed by atoms with Crippen molar-refractivity contribution < 1.29 is 9.59 Å². The molecule has 3 rings (SSSR count). The number of aromatic nitrogens is 2. The highest BCUT2D eigenvalue weighted by atomic mass is 16.2. The molecule has 1 heterocycles. The molecule has 2 aromatic carbocycles. The van der Waals surface area contributed by atoms with Crippen LogP contribution in [0, 0.1) is 19.8 Å². The largest absolute Gasteiger partial charge is 0.346 e. The summed E-state index contributed by atoms with van der Waals surface area (Å²) < 4.78 is 1.88. The Morgan fingerprint density at radius 2 is 1.76 bits per heavy atom. The summed E-state index contributed by atoms with van der Waals surface area (Å²) >= 11 is 0. The van der Waals surface area contributed by atoms with E-state index in [1.165, 1.54) is 0 Å². The van der Waals surface area contributed by atoms with Gasteiger partial charge < -0.3 is 15.2 Å². The first-order chi connectivity index (χ1) is 13.8. The van der Waals surface area contributed by atoms with Crippen LogP contribution < -0.4 is 10.6 Å². The number of aryl methyl sites for hydroxylation is 1. The highest BCUT2D eigenvalue weighted by molar-refractivity contribution is 5.92. The summed E-state index contributed by atoms with van der Waals surface area (Å²) in [6, 6.07) is 13.2. The Balaban J connectivity index is 1.90. The van der Waals surface area contributed by atoms with E-state index in [1.807, 2.05) is 81.7 Å². The molecule has 6 heteroatoms. The number of carbonyl (C=O) groups is 2. The van der Waals surface area contributed by atoms with E-state index in [1.54, 1.807) is 0 Å². The number of amides is 2. The van der Waals surface area contributed by atoms with Crippen LogP contribution in [-0.4, -0.2) is 21.4 Å². The molecule has 0 bridgehead atoms. The van der Waals surface area contributed by atoms with Crippen LogP contribution in [0.3, 0.4) is 0 Å². The normalized spacial score (nSPS) is 12.2. The van der Waals surface area contributed by atoms with E-state index in [4.69, 9.17) is 0 Å². The Hall–Kier alpha value is -3.15. The molecule has 0 spiro atoms. The zero-order valence-electron chi connectivity index (χ0n) is 17.6. The second-order valence-electron chi connectivity index (χ2n) is 7.73. The van der Waals surface area contributed by atoms with Gasteiger partial charge in [0.1, 0.15) is 12.4 Å². The molecule has 1 atom stereocenters. The fourth-order valence-corrected chi connectivity index (χ4v) is 3.26. The van der Waals surface area contributed by atoms with Crippen LogP contribution in [0.25, 0.3) is 11.0 Å². The highest BCUT2D eigenvalue weighted by Gasteiger charge is 2.21. The van der Waals surface area contributed by atoms with Crippen LogP contribution in [-0.2, 0) is 16.1 Å². The van der Waals surface area contributed by atoms with Gasteiger partial charge in [-0.05, 0) is 50.1 Å². The lowest BCUT2D eigenvalue weighted by Gasteiger charge is -2.18. The lowest BCUT2D eigenvalue weighted by molar-refractivity contribution is -0.124. The molecule has 2 N–H and O–H groups in total. The first-order valence-electron chi connectivity index (χ1n) is 9.89. The summed E-state index contributed by atoms with van der Waals surface area (Å²) in [6.07, 6.45) is 0. The predicted octanol–water partition coefficient (Wildman–Crippen LogP) is 4.13. The van der Waals surface area contributed by atoms with E-state index in [0.717, 1.165) is 27.8 Å². The van der Waals surface area contributed by atoms with Crippen LogP contribution in [0.1, 0.15) is 43.8 Å². The van der Waals surface area contributed by atoms with E-state index in [-0.39, 0.29) is 30.3 Å². The van der Waals surface area contributed by atoms with E-state index in [2.05, 4.69) is 15.6 Å². The second kappa shape index (κ2) is 8.47. The fraction of sp³-hybridized carbons (Fsp3) is 0.348. The van der Waals surface area contributed by atoms with Crippen molar-refractivity contribution in [3.05, 3.63) is 59.4 Å². The molecule has 1 aromatic heterocycles.